The summed E-state index contributed by atoms with van der Waals surface area (Å²) in [5.74, 6) is 0.587. The molecule has 3 aromatic carbocycles. The first-order chi connectivity index (χ1) is 16.4. The van der Waals surface area contributed by atoms with Gasteiger partial charge in [0, 0.05) is 17.1 Å². The highest BCUT2D eigenvalue weighted by Gasteiger charge is 2.14. The Morgan fingerprint density at radius 1 is 1.03 bits per heavy atom. The van der Waals surface area contributed by atoms with E-state index in [1.165, 1.54) is 6.08 Å². The zero-order chi connectivity index (χ0) is 24.5. The van der Waals surface area contributed by atoms with E-state index in [4.69, 9.17) is 32.7 Å². The van der Waals surface area contributed by atoms with E-state index in [-0.39, 0.29) is 23.8 Å². The van der Waals surface area contributed by atoms with Crippen LogP contribution in [0, 0.1) is 25.2 Å². The number of hydrogen-bond acceptors (Lipinski definition) is 4. The number of nitrogens with one attached hydrogen (secondary N) is 1. The minimum absolute atomic E-state index is 0.0920. The van der Waals surface area contributed by atoms with Gasteiger partial charge in [0.2, 0.25) is 0 Å². The molecule has 0 radical (unpaired) electrons. The van der Waals surface area contributed by atoms with Gasteiger partial charge in [-0.1, -0.05) is 71.2 Å². The normalized spacial score (nSPS) is 11.0. The molecule has 0 saturated heterocycles. The van der Waals surface area contributed by atoms with Crippen molar-refractivity contribution in [2.45, 2.75) is 20.4 Å². The fourth-order valence-electron chi connectivity index (χ4n) is 3.27. The van der Waals surface area contributed by atoms with Crippen molar-refractivity contribution in [3.63, 3.8) is 0 Å². The van der Waals surface area contributed by atoms with Gasteiger partial charge in [-0.15, -0.1) is 0 Å². The molecule has 5 nitrogen and oxygen atoms in total. The zero-order valence-electron chi connectivity index (χ0n) is 18.9. The highest BCUT2D eigenvalue weighted by atomic mass is 35.5. The molecule has 0 saturated carbocycles. The predicted octanol–water partition coefficient (Wildman–Crippen LogP) is 6.29. The summed E-state index contributed by atoms with van der Waals surface area (Å²) in [4.78, 5) is 12.6. The third-order valence-corrected chi connectivity index (χ3v) is 5.41. The number of hydrogen-bond donors (Lipinski definition) is 1. The molecule has 1 N–H and O–H groups in total. The van der Waals surface area contributed by atoms with Crippen molar-refractivity contribution in [3.05, 3.63) is 98.5 Å². The molecular formula is C27H24Cl2N2O3. The van der Waals surface area contributed by atoms with Gasteiger partial charge >= 0.3 is 0 Å². The standard InChI is InChI=1S/C27H24Cl2N2O3/c1-18-8-9-25(19(2)12-18)33-10-11-34-26-21(14-23(28)15-24(26)29)13-22(16-30)27(32)31-17-20-6-4-3-5-7-20/h3-9,12-15H,10-11,17H2,1-2H3,(H,31,32). The second-order valence-electron chi connectivity index (χ2n) is 7.61. The number of carbonyl (C=O) groups excluding carboxylic acids is 1. The predicted molar refractivity (Wildman–Crippen MR) is 135 cm³/mol. The van der Waals surface area contributed by atoms with Crippen LogP contribution in [0.15, 0.2) is 66.2 Å². The molecule has 7 heteroatoms. The minimum atomic E-state index is -0.508. The zero-order valence-corrected chi connectivity index (χ0v) is 20.4. The molecule has 0 spiro atoms. The Morgan fingerprint density at radius 3 is 2.47 bits per heavy atom. The molecule has 3 aromatic rings. The third-order valence-electron chi connectivity index (χ3n) is 4.92. The van der Waals surface area contributed by atoms with E-state index in [1.807, 2.05) is 68.4 Å². The maximum atomic E-state index is 12.6. The van der Waals surface area contributed by atoms with E-state index < -0.39 is 5.91 Å². The number of benzene rings is 3. The van der Waals surface area contributed by atoms with Crippen LogP contribution in [0.5, 0.6) is 11.5 Å². The Kier molecular flexibility index (Phi) is 8.98. The fraction of sp³-hybridized carbons (Fsp3) is 0.185. The third kappa shape index (κ3) is 7.02. The molecule has 3 rings (SSSR count). The lowest BCUT2D eigenvalue weighted by Gasteiger charge is -2.14. The SMILES string of the molecule is Cc1ccc(OCCOc2c(Cl)cc(Cl)cc2C=C(C#N)C(=O)NCc2ccccc2)c(C)c1. The van der Waals surface area contributed by atoms with E-state index in [9.17, 15) is 10.1 Å². The van der Waals surface area contributed by atoms with Gasteiger partial charge in [-0.2, -0.15) is 5.26 Å². The molecule has 1 amide bonds. The maximum Gasteiger partial charge on any atom is 0.262 e. The first kappa shape index (κ1) is 25.2. The largest absolute Gasteiger partial charge is 0.490 e. The lowest BCUT2D eigenvalue weighted by atomic mass is 10.1. The second kappa shape index (κ2) is 12.1. The molecule has 0 fully saturated rings. The van der Waals surface area contributed by atoms with Crippen molar-refractivity contribution >= 4 is 35.2 Å². The van der Waals surface area contributed by atoms with E-state index in [0.717, 1.165) is 22.4 Å². The number of amides is 1. The molecule has 0 aliphatic carbocycles. The van der Waals surface area contributed by atoms with Gasteiger partial charge in [-0.3, -0.25) is 4.79 Å². The lowest BCUT2D eigenvalue weighted by Crippen LogP contribution is -2.23. The van der Waals surface area contributed by atoms with Crippen molar-refractivity contribution in [2.75, 3.05) is 13.2 Å². The summed E-state index contributed by atoms with van der Waals surface area (Å²) in [5.41, 5.74) is 3.45. The number of ether oxygens (including phenoxy) is 2. The molecule has 0 aromatic heterocycles. The van der Waals surface area contributed by atoms with Gasteiger partial charge in [0.15, 0.2) is 0 Å². The van der Waals surface area contributed by atoms with Crippen molar-refractivity contribution in [3.8, 4) is 17.6 Å². The quantitative estimate of drug-likeness (QED) is 0.215. The Labute approximate surface area is 209 Å². The first-order valence-corrected chi connectivity index (χ1v) is 11.4. The highest BCUT2D eigenvalue weighted by Crippen LogP contribution is 2.34. The minimum Gasteiger partial charge on any atom is -0.490 e. The Balaban J connectivity index is 1.71. The number of halogens is 2. The van der Waals surface area contributed by atoms with Crippen LogP contribution in [0.25, 0.3) is 6.08 Å². The van der Waals surface area contributed by atoms with Gasteiger partial charge in [0.05, 0.1) is 5.02 Å². The monoisotopic (exact) mass is 494 g/mol. The van der Waals surface area contributed by atoms with E-state index in [1.54, 1.807) is 12.1 Å². The van der Waals surface area contributed by atoms with E-state index >= 15 is 0 Å². The summed E-state index contributed by atoms with van der Waals surface area (Å²) in [5, 5.41) is 12.9. The Bertz CT molecular complexity index is 1230. The van der Waals surface area contributed by atoms with Crippen LogP contribution in [0.1, 0.15) is 22.3 Å². The molecule has 0 unspecified atom stereocenters. The summed E-state index contributed by atoms with van der Waals surface area (Å²) in [6.07, 6.45) is 1.42. The summed E-state index contributed by atoms with van der Waals surface area (Å²) in [6.45, 7) is 4.80. The van der Waals surface area contributed by atoms with Crippen molar-refractivity contribution in [1.29, 1.82) is 5.26 Å². The molecule has 0 bridgehead atoms. The first-order valence-electron chi connectivity index (χ1n) is 10.6. The van der Waals surface area contributed by atoms with Crippen LogP contribution >= 0.6 is 23.2 Å². The summed E-state index contributed by atoms with van der Waals surface area (Å²) >= 11 is 12.5. The fourth-order valence-corrected chi connectivity index (χ4v) is 3.84. The van der Waals surface area contributed by atoms with Gasteiger partial charge in [0.1, 0.15) is 36.4 Å². The van der Waals surface area contributed by atoms with Crippen LogP contribution < -0.4 is 14.8 Å². The highest BCUT2D eigenvalue weighted by molar-refractivity contribution is 6.36. The van der Waals surface area contributed by atoms with Gasteiger partial charge in [0.25, 0.3) is 5.91 Å². The maximum absolute atomic E-state index is 12.6. The number of carbonyl (C=O) groups is 1. The molecule has 0 aliphatic heterocycles. The average molecular weight is 495 g/mol. The molecular weight excluding hydrogens is 471 g/mol. The van der Waals surface area contributed by atoms with Crippen molar-refractivity contribution < 1.29 is 14.3 Å². The van der Waals surface area contributed by atoms with E-state index in [2.05, 4.69) is 5.32 Å². The van der Waals surface area contributed by atoms with Crippen LogP contribution in [0.3, 0.4) is 0 Å². The van der Waals surface area contributed by atoms with Gasteiger partial charge in [-0.05, 0) is 49.2 Å². The van der Waals surface area contributed by atoms with Gasteiger partial charge in [-0.25, -0.2) is 0 Å². The Hall–Kier alpha value is -3.46. The van der Waals surface area contributed by atoms with Crippen molar-refractivity contribution in [1.82, 2.24) is 5.32 Å². The van der Waals surface area contributed by atoms with Gasteiger partial charge < -0.3 is 14.8 Å². The van der Waals surface area contributed by atoms with Crippen molar-refractivity contribution in [2.24, 2.45) is 0 Å². The summed E-state index contributed by atoms with van der Waals surface area (Å²) < 4.78 is 11.7. The molecule has 34 heavy (non-hydrogen) atoms. The average Bonchev–Trinajstić information content (AvgIpc) is 2.81. The van der Waals surface area contributed by atoms with E-state index in [0.29, 0.717) is 22.9 Å². The molecule has 174 valence electrons. The number of nitrogens with zero attached hydrogens (tertiary/aromatic N) is 1. The molecule has 0 aliphatic rings. The summed E-state index contributed by atoms with van der Waals surface area (Å²) in [6, 6.07) is 20.4. The number of rotatable bonds is 9. The molecule has 0 atom stereocenters. The topological polar surface area (TPSA) is 71.3 Å². The summed E-state index contributed by atoms with van der Waals surface area (Å²) in [7, 11) is 0. The molecule has 0 heterocycles. The van der Waals surface area contributed by atoms with Crippen LogP contribution in [-0.4, -0.2) is 19.1 Å². The van der Waals surface area contributed by atoms with Crippen LogP contribution in [-0.2, 0) is 11.3 Å². The number of aryl methyl sites for hydroxylation is 2. The second-order valence-corrected chi connectivity index (χ2v) is 8.45. The van der Waals surface area contributed by atoms with Crippen LogP contribution in [0.4, 0.5) is 0 Å². The number of nitriles is 1. The lowest BCUT2D eigenvalue weighted by molar-refractivity contribution is -0.117. The van der Waals surface area contributed by atoms with Crippen LogP contribution in [0.2, 0.25) is 10.0 Å². The smallest absolute Gasteiger partial charge is 0.262 e. The Morgan fingerprint density at radius 2 is 1.76 bits per heavy atom.